The molecular formula is C18H24N4O3. The molecule has 7 heteroatoms. The minimum absolute atomic E-state index is 0.0146. The number of hydrogen-bond acceptors (Lipinski definition) is 5. The Kier molecular flexibility index (Phi) is 5.33. The predicted octanol–water partition coefficient (Wildman–Crippen LogP) is 1.95. The zero-order valence-electron chi connectivity index (χ0n) is 14.9. The summed E-state index contributed by atoms with van der Waals surface area (Å²) in [4.78, 5) is 13.9. The van der Waals surface area contributed by atoms with Crippen LogP contribution in [0.15, 0.2) is 24.4 Å². The molecule has 25 heavy (non-hydrogen) atoms. The zero-order chi connectivity index (χ0) is 17.8. The average molecular weight is 344 g/mol. The van der Waals surface area contributed by atoms with Gasteiger partial charge in [0.15, 0.2) is 0 Å². The van der Waals surface area contributed by atoms with Crippen LogP contribution >= 0.6 is 0 Å². The number of aromatic nitrogens is 3. The molecule has 1 amide bonds. The van der Waals surface area contributed by atoms with Crippen LogP contribution in [0.1, 0.15) is 36.2 Å². The fourth-order valence-corrected chi connectivity index (χ4v) is 2.98. The molecule has 0 spiro atoms. The second kappa shape index (κ2) is 7.65. The van der Waals surface area contributed by atoms with Crippen LogP contribution in [0.3, 0.4) is 0 Å². The van der Waals surface area contributed by atoms with Crippen LogP contribution in [0.4, 0.5) is 0 Å². The number of methoxy groups -OCH3 is 1. The van der Waals surface area contributed by atoms with E-state index in [9.17, 15) is 4.79 Å². The highest BCUT2D eigenvalue weighted by molar-refractivity contribution is 5.76. The van der Waals surface area contributed by atoms with Crippen molar-refractivity contribution in [3.05, 3.63) is 41.2 Å². The number of nitrogens with zero attached hydrogens (tertiary/aromatic N) is 4. The first-order valence-electron chi connectivity index (χ1n) is 8.49. The number of hydrogen-bond donors (Lipinski definition) is 0. The van der Waals surface area contributed by atoms with Gasteiger partial charge >= 0.3 is 0 Å². The van der Waals surface area contributed by atoms with Gasteiger partial charge in [-0.2, -0.15) is 0 Å². The summed E-state index contributed by atoms with van der Waals surface area (Å²) in [5.74, 6) is 0.926. The maximum atomic E-state index is 12.1. The standard InChI is InChI=1S/C18H24N4O3/c1-13-4-5-17(24-3)16(10-13)14(2)22-12-15(19-20-22)11-21-7-9-25-8-6-18(21)23/h4-5,10,12,14H,6-9,11H2,1-3H3/t14-/m1/s1. The van der Waals surface area contributed by atoms with Gasteiger partial charge in [0.1, 0.15) is 11.4 Å². The van der Waals surface area contributed by atoms with E-state index >= 15 is 0 Å². The maximum absolute atomic E-state index is 12.1. The molecule has 1 fully saturated rings. The van der Waals surface area contributed by atoms with Gasteiger partial charge in [-0.05, 0) is 19.9 Å². The Morgan fingerprint density at radius 2 is 2.20 bits per heavy atom. The van der Waals surface area contributed by atoms with Crippen LogP contribution in [0.2, 0.25) is 0 Å². The summed E-state index contributed by atoms with van der Waals surface area (Å²) in [5, 5.41) is 8.49. The van der Waals surface area contributed by atoms with Crippen molar-refractivity contribution in [3.8, 4) is 5.75 Å². The highest BCUT2D eigenvalue weighted by atomic mass is 16.5. The largest absolute Gasteiger partial charge is 0.496 e. The molecule has 1 saturated heterocycles. The molecule has 0 bridgehead atoms. The van der Waals surface area contributed by atoms with E-state index in [1.807, 2.05) is 23.0 Å². The quantitative estimate of drug-likeness (QED) is 0.829. The lowest BCUT2D eigenvalue weighted by Gasteiger charge is -2.18. The van der Waals surface area contributed by atoms with E-state index in [0.717, 1.165) is 22.6 Å². The Labute approximate surface area is 147 Å². The van der Waals surface area contributed by atoms with Gasteiger partial charge in [-0.25, -0.2) is 4.68 Å². The second-order valence-electron chi connectivity index (χ2n) is 6.29. The molecule has 0 radical (unpaired) electrons. The van der Waals surface area contributed by atoms with Crippen molar-refractivity contribution in [2.24, 2.45) is 0 Å². The molecule has 0 saturated carbocycles. The summed E-state index contributed by atoms with van der Waals surface area (Å²) in [5.41, 5.74) is 2.99. The smallest absolute Gasteiger partial charge is 0.225 e. The highest BCUT2D eigenvalue weighted by Gasteiger charge is 2.20. The van der Waals surface area contributed by atoms with Crippen molar-refractivity contribution in [3.63, 3.8) is 0 Å². The van der Waals surface area contributed by atoms with Gasteiger partial charge in [0.2, 0.25) is 5.91 Å². The van der Waals surface area contributed by atoms with E-state index in [0.29, 0.717) is 32.7 Å². The van der Waals surface area contributed by atoms with Crippen molar-refractivity contribution in [1.82, 2.24) is 19.9 Å². The first kappa shape index (κ1) is 17.4. The Hall–Kier alpha value is -2.41. The number of rotatable bonds is 5. The summed E-state index contributed by atoms with van der Waals surface area (Å²) >= 11 is 0. The SMILES string of the molecule is COc1ccc(C)cc1[C@@H](C)n1cc(CN2CCOCCC2=O)nn1. The maximum Gasteiger partial charge on any atom is 0.225 e. The van der Waals surface area contributed by atoms with E-state index < -0.39 is 0 Å². The Morgan fingerprint density at radius 1 is 1.36 bits per heavy atom. The van der Waals surface area contributed by atoms with E-state index in [2.05, 4.69) is 30.2 Å². The lowest BCUT2D eigenvalue weighted by atomic mass is 10.0. The fraction of sp³-hybridized carbons (Fsp3) is 0.500. The fourth-order valence-electron chi connectivity index (χ4n) is 2.98. The average Bonchev–Trinajstić information content (AvgIpc) is 2.98. The molecule has 2 aromatic rings. The molecular weight excluding hydrogens is 320 g/mol. The van der Waals surface area contributed by atoms with Crippen molar-refractivity contribution < 1.29 is 14.3 Å². The van der Waals surface area contributed by atoms with Crippen LogP contribution < -0.4 is 4.74 Å². The monoisotopic (exact) mass is 344 g/mol. The first-order chi connectivity index (χ1) is 12.1. The first-order valence-corrected chi connectivity index (χ1v) is 8.49. The van der Waals surface area contributed by atoms with Crippen LogP contribution in [-0.2, 0) is 16.1 Å². The van der Waals surface area contributed by atoms with E-state index in [1.54, 1.807) is 12.0 Å². The second-order valence-corrected chi connectivity index (χ2v) is 6.29. The molecule has 1 atom stereocenters. The normalized spacial score (nSPS) is 16.6. The number of amides is 1. The molecule has 1 aromatic heterocycles. The van der Waals surface area contributed by atoms with Crippen molar-refractivity contribution in [2.75, 3.05) is 26.9 Å². The highest BCUT2D eigenvalue weighted by Crippen LogP contribution is 2.28. The molecule has 0 aliphatic carbocycles. The molecule has 1 aliphatic rings. The third kappa shape index (κ3) is 3.99. The van der Waals surface area contributed by atoms with Gasteiger partial charge < -0.3 is 14.4 Å². The van der Waals surface area contributed by atoms with Crippen LogP contribution in [0.25, 0.3) is 0 Å². The summed E-state index contributed by atoms with van der Waals surface area (Å²) in [6.07, 6.45) is 2.32. The van der Waals surface area contributed by atoms with Gasteiger partial charge in [-0.1, -0.05) is 22.9 Å². The molecule has 7 nitrogen and oxygen atoms in total. The summed E-state index contributed by atoms with van der Waals surface area (Å²) in [7, 11) is 1.67. The Balaban J connectivity index is 1.76. The van der Waals surface area contributed by atoms with Crippen LogP contribution in [0, 0.1) is 6.92 Å². The van der Waals surface area contributed by atoms with E-state index in [4.69, 9.17) is 9.47 Å². The molecule has 134 valence electrons. The summed E-state index contributed by atoms with van der Waals surface area (Å²) in [6.45, 7) is 6.21. The summed E-state index contributed by atoms with van der Waals surface area (Å²) in [6, 6.07) is 6.07. The van der Waals surface area contributed by atoms with Gasteiger partial charge in [0.25, 0.3) is 0 Å². The topological polar surface area (TPSA) is 69.5 Å². The third-order valence-electron chi connectivity index (χ3n) is 4.46. The molecule has 0 N–H and O–H groups in total. The number of carbonyl (C=O) groups excluding carboxylic acids is 1. The number of aryl methyl sites for hydroxylation is 1. The molecule has 1 aliphatic heterocycles. The molecule has 2 heterocycles. The van der Waals surface area contributed by atoms with Crippen molar-refractivity contribution in [2.45, 2.75) is 32.9 Å². The van der Waals surface area contributed by atoms with Crippen molar-refractivity contribution >= 4 is 5.91 Å². The predicted molar refractivity (Wildman–Crippen MR) is 92.4 cm³/mol. The lowest BCUT2D eigenvalue weighted by Crippen LogP contribution is -2.31. The van der Waals surface area contributed by atoms with Gasteiger partial charge in [-0.15, -0.1) is 5.10 Å². The molecule has 1 aromatic carbocycles. The molecule has 3 rings (SSSR count). The number of benzene rings is 1. The van der Waals surface area contributed by atoms with Gasteiger partial charge in [-0.3, -0.25) is 4.79 Å². The Morgan fingerprint density at radius 3 is 3.00 bits per heavy atom. The number of carbonyl (C=O) groups is 1. The van der Waals surface area contributed by atoms with E-state index in [-0.39, 0.29) is 11.9 Å². The minimum atomic E-state index is -0.0146. The lowest BCUT2D eigenvalue weighted by molar-refractivity contribution is -0.131. The minimum Gasteiger partial charge on any atom is -0.496 e. The van der Waals surface area contributed by atoms with Crippen LogP contribution in [0.5, 0.6) is 5.75 Å². The van der Waals surface area contributed by atoms with Gasteiger partial charge in [0, 0.05) is 12.1 Å². The van der Waals surface area contributed by atoms with Gasteiger partial charge in [0.05, 0.1) is 45.5 Å². The van der Waals surface area contributed by atoms with Crippen molar-refractivity contribution in [1.29, 1.82) is 0 Å². The summed E-state index contributed by atoms with van der Waals surface area (Å²) < 4.78 is 12.6. The molecule has 0 unspecified atom stereocenters. The van der Waals surface area contributed by atoms with Crippen LogP contribution in [-0.4, -0.2) is 52.7 Å². The third-order valence-corrected chi connectivity index (χ3v) is 4.46. The number of ether oxygens (including phenoxy) is 2. The zero-order valence-corrected chi connectivity index (χ0v) is 14.9. The Bertz CT molecular complexity index is 744. The van der Waals surface area contributed by atoms with E-state index in [1.165, 1.54) is 0 Å².